The normalized spacial score (nSPS) is 18.3. The zero-order valence-electron chi connectivity index (χ0n) is 20.1. The van der Waals surface area contributed by atoms with Gasteiger partial charge in [0.05, 0.1) is 0 Å². The van der Waals surface area contributed by atoms with E-state index in [0.717, 1.165) is 17.5 Å². The van der Waals surface area contributed by atoms with Gasteiger partial charge < -0.3 is 10.2 Å². The monoisotopic (exact) mass is 468 g/mol. The van der Waals surface area contributed by atoms with Gasteiger partial charge in [-0.15, -0.1) is 0 Å². The molecule has 1 N–H and O–H groups in total. The standard InChI is InChI=1S/C25H30N2O3S.C2H6/c1-18-15-23(25(30)27(18)16-21-11-7-4-8-12-21)26-24(29)22(17-31-19(2)28)14-13-20-9-5-3-6-10-20;1-2/h3-12,18,22-23H,13-17H2,1-2H3,(H,26,29);1-2H3. The number of hydrogen-bond donors (Lipinski definition) is 1. The molecule has 3 rings (SSSR count). The number of thioether (sulfide) groups is 1. The van der Waals surface area contributed by atoms with Crippen molar-refractivity contribution in [3.05, 3.63) is 71.8 Å². The van der Waals surface area contributed by atoms with Crippen LogP contribution in [0.4, 0.5) is 0 Å². The van der Waals surface area contributed by atoms with Gasteiger partial charge in [0, 0.05) is 31.2 Å². The molecule has 0 radical (unpaired) electrons. The Balaban J connectivity index is 0.00000187. The van der Waals surface area contributed by atoms with Crippen LogP contribution in [0.25, 0.3) is 0 Å². The first-order valence-electron chi connectivity index (χ1n) is 11.8. The van der Waals surface area contributed by atoms with E-state index in [2.05, 4.69) is 5.32 Å². The summed E-state index contributed by atoms with van der Waals surface area (Å²) in [7, 11) is 0. The van der Waals surface area contributed by atoms with E-state index < -0.39 is 6.04 Å². The number of nitrogens with one attached hydrogen (secondary N) is 1. The van der Waals surface area contributed by atoms with Crippen molar-refractivity contribution in [1.29, 1.82) is 0 Å². The van der Waals surface area contributed by atoms with Crippen molar-refractivity contribution >= 4 is 28.7 Å². The zero-order chi connectivity index (χ0) is 24.2. The molecule has 2 amide bonds. The van der Waals surface area contributed by atoms with Crippen LogP contribution in [-0.2, 0) is 27.3 Å². The fourth-order valence-electron chi connectivity index (χ4n) is 3.90. The van der Waals surface area contributed by atoms with Gasteiger partial charge in [-0.3, -0.25) is 14.4 Å². The first-order chi connectivity index (χ1) is 15.9. The lowest BCUT2D eigenvalue weighted by Gasteiger charge is -2.22. The van der Waals surface area contributed by atoms with Gasteiger partial charge in [-0.25, -0.2) is 0 Å². The molecule has 0 aliphatic carbocycles. The van der Waals surface area contributed by atoms with Crippen molar-refractivity contribution in [2.45, 2.75) is 65.6 Å². The van der Waals surface area contributed by atoms with Gasteiger partial charge in [-0.1, -0.05) is 86.3 Å². The Morgan fingerprint density at radius 2 is 1.61 bits per heavy atom. The number of aryl methyl sites for hydroxylation is 1. The van der Waals surface area contributed by atoms with Crippen molar-refractivity contribution in [3.8, 4) is 0 Å². The first-order valence-corrected chi connectivity index (χ1v) is 12.7. The molecule has 5 nitrogen and oxygen atoms in total. The fourth-order valence-corrected chi connectivity index (χ4v) is 4.66. The number of hydrogen-bond acceptors (Lipinski definition) is 4. The molecular weight excluding hydrogens is 432 g/mol. The molecule has 1 saturated heterocycles. The fraction of sp³-hybridized carbons (Fsp3) is 0.444. The molecule has 1 aliphatic rings. The van der Waals surface area contributed by atoms with Gasteiger partial charge in [0.1, 0.15) is 6.04 Å². The smallest absolute Gasteiger partial charge is 0.245 e. The van der Waals surface area contributed by atoms with Crippen molar-refractivity contribution in [2.24, 2.45) is 5.92 Å². The van der Waals surface area contributed by atoms with Crippen molar-refractivity contribution in [3.63, 3.8) is 0 Å². The molecule has 2 aromatic carbocycles. The summed E-state index contributed by atoms with van der Waals surface area (Å²) in [5.74, 6) is -0.0685. The summed E-state index contributed by atoms with van der Waals surface area (Å²) in [6.45, 7) is 8.08. The number of carbonyl (C=O) groups excluding carboxylic acids is 3. The predicted octanol–water partition coefficient (Wildman–Crippen LogP) is 4.85. The predicted molar refractivity (Wildman–Crippen MR) is 136 cm³/mol. The van der Waals surface area contributed by atoms with Crippen molar-refractivity contribution < 1.29 is 14.4 Å². The SMILES string of the molecule is CC.CC(=O)SCC(CCc1ccccc1)C(=O)NC1CC(C)N(Cc2ccccc2)C1=O. The Labute approximate surface area is 202 Å². The molecule has 1 heterocycles. The van der Waals surface area contributed by atoms with Crippen molar-refractivity contribution in [1.82, 2.24) is 10.2 Å². The van der Waals surface area contributed by atoms with Crippen LogP contribution in [0.1, 0.15) is 51.7 Å². The van der Waals surface area contributed by atoms with E-state index in [9.17, 15) is 14.4 Å². The van der Waals surface area contributed by atoms with Gasteiger partial charge in [0.25, 0.3) is 0 Å². The lowest BCUT2D eigenvalue weighted by Crippen LogP contribution is -2.44. The second kappa shape index (κ2) is 13.8. The van der Waals surface area contributed by atoms with E-state index in [1.54, 1.807) is 0 Å². The first kappa shape index (κ1) is 26.7. The van der Waals surface area contributed by atoms with Crippen LogP contribution in [-0.4, -0.2) is 39.7 Å². The average molecular weight is 469 g/mol. The third kappa shape index (κ3) is 8.35. The second-order valence-corrected chi connectivity index (χ2v) is 9.32. The summed E-state index contributed by atoms with van der Waals surface area (Å²) in [6.07, 6.45) is 2.00. The molecule has 0 spiro atoms. The summed E-state index contributed by atoms with van der Waals surface area (Å²) >= 11 is 1.17. The summed E-state index contributed by atoms with van der Waals surface area (Å²) in [4.78, 5) is 39.3. The molecule has 178 valence electrons. The Morgan fingerprint density at radius 1 is 1.03 bits per heavy atom. The van der Waals surface area contributed by atoms with E-state index in [1.165, 1.54) is 18.7 Å². The number of nitrogens with zero attached hydrogens (tertiary/aromatic N) is 1. The second-order valence-electron chi connectivity index (χ2n) is 8.12. The van der Waals surface area contributed by atoms with Crippen LogP contribution < -0.4 is 5.32 Å². The molecule has 0 bridgehead atoms. The molecule has 2 aromatic rings. The Morgan fingerprint density at radius 3 is 2.18 bits per heavy atom. The molecule has 1 fully saturated rings. The molecule has 0 aromatic heterocycles. The summed E-state index contributed by atoms with van der Waals surface area (Å²) < 4.78 is 0. The lowest BCUT2D eigenvalue weighted by molar-refractivity contribution is -0.134. The minimum Gasteiger partial charge on any atom is -0.344 e. The van der Waals surface area contributed by atoms with E-state index in [1.807, 2.05) is 86.3 Å². The number of carbonyl (C=O) groups is 3. The molecule has 33 heavy (non-hydrogen) atoms. The maximum absolute atomic E-state index is 13.0. The highest BCUT2D eigenvalue weighted by Gasteiger charge is 2.38. The number of likely N-dealkylation sites (tertiary alicyclic amines) is 1. The molecule has 6 heteroatoms. The van der Waals surface area contributed by atoms with E-state index >= 15 is 0 Å². The number of benzene rings is 2. The third-order valence-corrected chi connectivity index (χ3v) is 6.66. The van der Waals surface area contributed by atoms with Gasteiger partial charge in [0.15, 0.2) is 5.12 Å². The van der Waals surface area contributed by atoms with Gasteiger partial charge in [0.2, 0.25) is 11.8 Å². The number of amides is 2. The molecule has 1 aliphatic heterocycles. The Bertz CT molecular complexity index is 889. The minimum atomic E-state index is -0.507. The summed E-state index contributed by atoms with van der Waals surface area (Å²) in [5.41, 5.74) is 2.24. The van der Waals surface area contributed by atoms with Gasteiger partial charge >= 0.3 is 0 Å². The Kier molecular flexibility index (Phi) is 11.2. The maximum atomic E-state index is 13.0. The Hall–Kier alpha value is -2.60. The summed E-state index contributed by atoms with van der Waals surface area (Å²) in [5, 5.41) is 2.98. The molecule has 3 atom stereocenters. The van der Waals surface area contributed by atoms with Crippen LogP contribution in [0.3, 0.4) is 0 Å². The average Bonchev–Trinajstić information content (AvgIpc) is 3.08. The van der Waals surface area contributed by atoms with Crippen LogP contribution >= 0.6 is 11.8 Å². The molecular formula is C27H36N2O3S. The number of rotatable bonds is 9. The van der Waals surface area contributed by atoms with Gasteiger partial charge in [-0.05, 0) is 37.3 Å². The van der Waals surface area contributed by atoms with E-state index in [4.69, 9.17) is 0 Å². The van der Waals surface area contributed by atoms with E-state index in [0.29, 0.717) is 25.1 Å². The lowest BCUT2D eigenvalue weighted by atomic mass is 9.99. The highest BCUT2D eigenvalue weighted by molar-refractivity contribution is 8.13. The van der Waals surface area contributed by atoms with Crippen LogP contribution in [0, 0.1) is 5.92 Å². The highest BCUT2D eigenvalue weighted by atomic mass is 32.2. The maximum Gasteiger partial charge on any atom is 0.245 e. The largest absolute Gasteiger partial charge is 0.344 e. The van der Waals surface area contributed by atoms with Crippen LogP contribution in [0.15, 0.2) is 60.7 Å². The third-order valence-electron chi connectivity index (χ3n) is 5.69. The highest BCUT2D eigenvalue weighted by Crippen LogP contribution is 2.23. The van der Waals surface area contributed by atoms with Crippen LogP contribution in [0.5, 0.6) is 0 Å². The minimum absolute atomic E-state index is 0.00267. The van der Waals surface area contributed by atoms with Crippen molar-refractivity contribution in [2.75, 3.05) is 5.75 Å². The zero-order valence-corrected chi connectivity index (χ0v) is 20.9. The quantitative estimate of drug-likeness (QED) is 0.571. The van der Waals surface area contributed by atoms with Gasteiger partial charge in [-0.2, -0.15) is 0 Å². The van der Waals surface area contributed by atoms with Crippen LogP contribution in [0.2, 0.25) is 0 Å². The topological polar surface area (TPSA) is 66.5 Å². The molecule has 3 unspecified atom stereocenters. The summed E-state index contributed by atoms with van der Waals surface area (Å²) in [6, 6.07) is 19.4. The van der Waals surface area contributed by atoms with E-state index in [-0.39, 0.29) is 28.9 Å². The molecule has 0 saturated carbocycles.